The van der Waals surface area contributed by atoms with Gasteiger partial charge in [-0.1, -0.05) is 26.0 Å². The molecule has 2 saturated carbocycles. The molecule has 0 aromatic carbocycles. The summed E-state index contributed by atoms with van der Waals surface area (Å²) in [5.41, 5.74) is 0.160. The molecule has 5 heteroatoms. The van der Waals surface area contributed by atoms with E-state index < -0.39 is 11.7 Å². The van der Waals surface area contributed by atoms with Crippen molar-refractivity contribution in [1.29, 1.82) is 0 Å². The Morgan fingerprint density at radius 3 is 2.60 bits per heavy atom. The van der Waals surface area contributed by atoms with Crippen molar-refractivity contribution in [3.63, 3.8) is 0 Å². The number of hydrogen-bond donors (Lipinski definition) is 0. The van der Waals surface area contributed by atoms with Gasteiger partial charge >= 0.3 is 5.97 Å². The van der Waals surface area contributed by atoms with Gasteiger partial charge in [0.2, 0.25) is 5.78 Å². The third-order valence-electron chi connectivity index (χ3n) is 6.01. The van der Waals surface area contributed by atoms with Crippen LogP contribution in [0.25, 0.3) is 0 Å². The zero-order chi connectivity index (χ0) is 18.5. The number of Topliss-reactive ketones (excluding diaryl/α,β-unsaturated/α-hetero) is 2. The second-order valence-electron chi connectivity index (χ2n) is 8.54. The van der Waals surface area contributed by atoms with Gasteiger partial charge < -0.3 is 9.47 Å². The van der Waals surface area contributed by atoms with Crippen molar-refractivity contribution in [3.05, 3.63) is 12.2 Å². The average molecular weight is 348 g/mol. The minimum absolute atomic E-state index is 0.151. The lowest BCUT2D eigenvalue weighted by molar-refractivity contribution is -0.164. The van der Waals surface area contributed by atoms with Crippen molar-refractivity contribution in [2.75, 3.05) is 0 Å². The van der Waals surface area contributed by atoms with Gasteiger partial charge in [-0.05, 0) is 38.5 Å². The largest absolute Gasteiger partial charge is 0.454 e. The minimum Gasteiger partial charge on any atom is -0.454 e. The maximum absolute atomic E-state index is 12.9. The van der Waals surface area contributed by atoms with Crippen LogP contribution in [0.3, 0.4) is 0 Å². The first-order valence-corrected chi connectivity index (χ1v) is 9.23. The van der Waals surface area contributed by atoms with Gasteiger partial charge in [0.1, 0.15) is 5.78 Å². The van der Waals surface area contributed by atoms with Crippen LogP contribution in [-0.4, -0.2) is 35.3 Å². The molecule has 5 nitrogen and oxygen atoms in total. The Labute approximate surface area is 149 Å². The van der Waals surface area contributed by atoms with Crippen molar-refractivity contribution < 1.29 is 23.9 Å². The van der Waals surface area contributed by atoms with Crippen molar-refractivity contribution in [2.24, 2.45) is 23.7 Å². The Morgan fingerprint density at radius 1 is 1.36 bits per heavy atom. The summed E-state index contributed by atoms with van der Waals surface area (Å²) in [5, 5.41) is 0. The Kier molecular flexibility index (Phi) is 4.65. The van der Waals surface area contributed by atoms with E-state index >= 15 is 0 Å². The summed E-state index contributed by atoms with van der Waals surface area (Å²) in [7, 11) is 0. The van der Waals surface area contributed by atoms with Crippen LogP contribution in [-0.2, 0) is 23.9 Å². The molecule has 138 valence electrons. The van der Waals surface area contributed by atoms with Crippen LogP contribution in [0, 0.1) is 23.7 Å². The molecule has 3 rings (SSSR count). The van der Waals surface area contributed by atoms with Crippen LogP contribution in [0.15, 0.2) is 12.2 Å². The van der Waals surface area contributed by atoms with Gasteiger partial charge in [0.25, 0.3) is 0 Å². The fourth-order valence-corrected chi connectivity index (χ4v) is 4.34. The number of hydrogen-bond acceptors (Lipinski definition) is 5. The lowest BCUT2D eigenvalue weighted by Crippen LogP contribution is -2.50. The highest BCUT2D eigenvalue weighted by atomic mass is 16.6. The van der Waals surface area contributed by atoms with E-state index in [-0.39, 0.29) is 53.7 Å². The number of fused-ring (bicyclic) bond motifs is 1. The Balaban J connectivity index is 1.80. The predicted octanol–water partition coefficient (Wildman–Crippen LogP) is 2.86. The summed E-state index contributed by atoms with van der Waals surface area (Å²) in [6, 6.07) is 0. The topological polar surface area (TPSA) is 73.0 Å². The Morgan fingerprint density at radius 2 is 2.04 bits per heavy atom. The van der Waals surface area contributed by atoms with E-state index in [1.165, 1.54) is 0 Å². The molecule has 25 heavy (non-hydrogen) atoms. The van der Waals surface area contributed by atoms with E-state index in [1.807, 2.05) is 20.8 Å². The highest BCUT2D eigenvalue weighted by molar-refractivity contribution is 5.97. The molecule has 0 aromatic heterocycles. The summed E-state index contributed by atoms with van der Waals surface area (Å²) in [6.45, 7) is 11.5. The molecule has 3 fully saturated rings. The van der Waals surface area contributed by atoms with E-state index in [0.29, 0.717) is 19.3 Å². The highest BCUT2D eigenvalue weighted by Gasteiger charge is 2.67. The Bertz CT molecular complexity index is 622. The van der Waals surface area contributed by atoms with E-state index in [1.54, 1.807) is 6.92 Å². The molecule has 0 N–H and O–H groups in total. The third kappa shape index (κ3) is 3.31. The van der Waals surface area contributed by atoms with Crippen molar-refractivity contribution in [3.8, 4) is 0 Å². The number of allylic oxidation sites excluding steroid dienone is 1. The monoisotopic (exact) mass is 348 g/mol. The first kappa shape index (κ1) is 18.3. The lowest BCUT2D eigenvalue weighted by Gasteiger charge is -2.33. The molecule has 1 heterocycles. The molecule has 6 atom stereocenters. The van der Waals surface area contributed by atoms with Crippen LogP contribution in [0.4, 0.5) is 0 Å². The van der Waals surface area contributed by atoms with Gasteiger partial charge in [-0.15, -0.1) is 0 Å². The molecule has 0 aromatic rings. The molecule has 0 amide bonds. The van der Waals surface area contributed by atoms with E-state index in [2.05, 4.69) is 6.58 Å². The number of carbonyl (C=O) groups excluding carboxylic acids is 3. The number of epoxide rings is 1. The maximum Gasteiger partial charge on any atom is 0.306 e. The molecule has 0 radical (unpaired) electrons. The fraction of sp³-hybridized carbons (Fsp3) is 0.750. The van der Waals surface area contributed by atoms with Crippen LogP contribution < -0.4 is 0 Å². The van der Waals surface area contributed by atoms with Gasteiger partial charge in [0, 0.05) is 24.7 Å². The van der Waals surface area contributed by atoms with Crippen LogP contribution >= 0.6 is 0 Å². The van der Waals surface area contributed by atoms with Gasteiger partial charge in [0.15, 0.2) is 11.7 Å². The predicted molar refractivity (Wildman–Crippen MR) is 91.8 cm³/mol. The molecule has 1 saturated heterocycles. The third-order valence-corrected chi connectivity index (χ3v) is 6.01. The van der Waals surface area contributed by atoms with Crippen molar-refractivity contribution >= 4 is 17.5 Å². The quantitative estimate of drug-likeness (QED) is 0.434. The zero-order valence-corrected chi connectivity index (χ0v) is 15.5. The minimum atomic E-state index is -0.868. The fourth-order valence-electron chi connectivity index (χ4n) is 4.34. The standard InChI is InChI=1S/C20H28O5/c1-10(2)6-17(22)24-18-14(9-16-20(5,25-16)19(18)23)13-7-12(11(3)4)8-15(13)21/h10,12-14,16,18H,3,6-9H2,1-2,4-5H3. The SMILES string of the molecule is C=C(C)C1CC(=O)C(C2CC3OC3(C)C(=O)C2OC(=O)CC(C)C)C1. The number of ether oxygens (including phenoxy) is 2. The van der Waals surface area contributed by atoms with Crippen LogP contribution in [0.5, 0.6) is 0 Å². The van der Waals surface area contributed by atoms with Gasteiger partial charge in [-0.25, -0.2) is 0 Å². The molecular weight excluding hydrogens is 320 g/mol. The number of carbonyl (C=O) groups is 3. The number of esters is 1. The summed E-state index contributed by atoms with van der Waals surface area (Å²) in [5.74, 6) is -0.614. The van der Waals surface area contributed by atoms with Crippen LogP contribution in [0.2, 0.25) is 0 Å². The number of rotatable bonds is 5. The molecule has 2 aliphatic carbocycles. The van der Waals surface area contributed by atoms with Crippen molar-refractivity contribution in [2.45, 2.75) is 71.2 Å². The number of ketones is 2. The molecule has 0 spiro atoms. The Hall–Kier alpha value is -1.49. The molecule has 0 bridgehead atoms. The summed E-state index contributed by atoms with van der Waals surface area (Å²) < 4.78 is 11.2. The summed E-state index contributed by atoms with van der Waals surface area (Å²) >= 11 is 0. The maximum atomic E-state index is 12.9. The highest BCUT2D eigenvalue weighted by Crippen LogP contribution is 2.52. The van der Waals surface area contributed by atoms with E-state index in [0.717, 1.165) is 5.57 Å². The molecular formula is C20H28O5. The van der Waals surface area contributed by atoms with E-state index in [4.69, 9.17) is 9.47 Å². The second-order valence-corrected chi connectivity index (χ2v) is 8.54. The normalized spacial score (nSPS) is 40.1. The molecule has 1 aliphatic heterocycles. The second kappa shape index (κ2) is 6.35. The van der Waals surface area contributed by atoms with Gasteiger partial charge in [0.05, 0.1) is 6.10 Å². The lowest BCUT2D eigenvalue weighted by atomic mass is 9.72. The van der Waals surface area contributed by atoms with Gasteiger partial charge in [-0.2, -0.15) is 0 Å². The van der Waals surface area contributed by atoms with Crippen LogP contribution in [0.1, 0.15) is 53.4 Å². The summed E-state index contributed by atoms with van der Waals surface area (Å²) in [4.78, 5) is 37.6. The van der Waals surface area contributed by atoms with Crippen molar-refractivity contribution in [1.82, 2.24) is 0 Å². The summed E-state index contributed by atoms with van der Waals surface area (Å²) in [6.07, 6.45) is 1.01. The first-order valence-electron chi connectivity index (χ1n) is 9.23. The van der Waals surface area contributed by atoms with Gasteiger partial charge in [-0.3, -0.25) is 14.4 Å². The zero-order valence-electron chi connectivity index (χ0n) is 15.5. The smallest absolute Gasteiger partial charge is 0.306 e. The molecule has 6 unspecified atom stereocenters. The molecule has 3 aliphatic rings. The first-order chi connectivity index (χ1) is 11.6. The van der Waals surface area contributed by atoms with E-state index in [9.17, 15) is 14.4 Å². The average Bonchev–Trinajstić information content (AvgIpc) is 3.01.